The number of phenolic OH excluding ortho intramolecular Hbond substituents is 1. The van der Waals surface area contributed by atoms with Crippen molar-refractivity contribution in [1.82, 2.24) is 5.16 Å². The molecule has 0 aliphatic heterocycles. The fraction of sp³-hybridized carbons (Fsp3) is 0.250. The Hall–Kier alpha value is -3.54. The number of nitriles is 1. The summed E-state index contributed by atoms with van der Waals surface area (Å²) in [4.78, 5) is 12.2. The third-order valence-electron chi connectivity index (χ3n) is 3.90. The number of alkyl halides is 3. The molecular weight excluding hydrogens is 389 g/mol. The van der Waals surface area contributed by atoms with E-state index >= 15 is 0 Å². The number of phenols is 1. The van der Waals surface area contributed by atoms with Crippen molar-refractivity contribution in [3.8, 4) is 22.9 Å². The van der Waals surface area contributed by atoms with Crippen LogP contribution in [0.2, 0.25) is 0 Å². The van der Waals surface area contributed by atoms with E-state index < -0.39 is 29.2 Å². The Bertz CT molecular complexity index is 1150. The summed E-state index contributed by atoms with van der Waals surface area (Å²) in [6, 6.07) is 8.02. The lowest BCUT2D eigenvalue weighted by molar-refractivity contribution is -0.141. The Morgan fingerprint density at radius 2 is 1.90 bits per heavy atom. The molecule has 0 bridgehead atoms. The molecule has 1 N–H and O–H groups in total. The van der Waals surface area contributed by atoms with Crippen molar-refractivity contribution in [1.29, 1.82) is 5.26 Å². The van der Waals surface area contributed by atoms with Gasteiger partial charge in [0.1, 0.15) is 16.9 Å². The van der Waals surface area contributed by atoms with Crippen molar-refractivity contribution in [2.75, 3.05) is 0 Å². The number of benzene rings is 2. The highest BCUT2D eigenvalue weighted by molar-refractivity contribution is 5.97. The Morgan fingerprint density at radius 1 is 1.21 bits per heavy atom. The van der Waals surface area contributed by atoms with Gasteiger partial charge in [-0.25, -0.2) is 4.79 Å². The van der Waals surface area contributed by atoms with E-state index in [1.807, 2.05) is 0 Å². The molecule has 0 unspecified atom stereocenters. The average molecular weight is 404 g/mol. The summed E-state index contributed by atoms with van der Waals surface area (Å²) in [5.74, 6) is -1.18. The molecule has 2 aromatic carbocycles. The number of carbonyl (C=O) groups is 1. The average Bonchev–Trinajstić information content (AvgIpc) is 3.03. The number of ether oxygens (including phenoxy) is 1. The number of halogens is 3. The van der Waals surface area contributed by atoms with E-state index in [0.29, 0.717) is 0 Å². The molecule has 150 valence electrons. The first-order chi connectivity index (χ1) is 13.4. The van der Waals surface area contributed by atoms with E-state index in [9.17, 15) is 28.3 Å². The molecule has 0 aliphatic carbocycles. The highest BCUT2D eigenvalue weighted by atomic mass is 19.4. The van der Waals surface area contributed by atoms with Crippen LogP contribution in [0.5, 0.6) is 5.75 Å². The van der Waals surface area contributed by atoms with Crippen LogP contribution >= 0.6 is 0 Å². The topological polar surface area (TPSA) is 96.4 Å². The number of hydrogen-bond donors (Lipinski definition) is 1. The summed E-state index contributed by atoms with van der Waals surface area (Å²) < 4.78 is 49.6. The molecule has 0 saturated carbocycles. The number of aromatic nitrogens is 1. The van der Waals surface area contributed by atoms with Gasteiger partial charge in [0.2, 0.25) is 0 Å². The molecule has 0 radical (unpaired) electrons. The Balaban J connectivity index is 2.14. The van der Waals surface area contributed by atoms with Gasteiger partial charge in [-0.05, 0) is 50.6 Å². The van der Waals surface area contributed by atoms with E-state index in [0.717, 1.165) is 6.07 Å². The summed E-state index contributed by atoms with van der Waals surface area (Å²) in [6.45, 7) is 5.01. The number of nitrogens with zero attached hydrogens (tertiary/aromatic N) is 2. The van der Waals surface area contributed by atoms with Crippen LogP contribution in [0, 0.1) is 11.3 Å². The van der Waals surface area contributed by atoms with Crippen molar-refractivity contribution >= 4 is 16.9 Å². The van der Waals surface area contributed by atoms with Gasteiger partial charge in [-0.15, -0.1) is 0 Å². The molecule has 0 amide bonds. The van der Waals surface area contributed by atoms with Gasteiger partial charge in [0, 0.05) is 5.56 Å². The number of hydrogen-bond acceptors (Lipinski definition) is 6. The molecule has 0 atom stereocenters. The van der Waals surface area contributed by atoms with Crippen LogP contribution in [-0.2, 0) is 10.9 Å². The van der Waals surface area contributed by atoms with Crippen molar-refractivity contribution in [3.63, 3.8) is 0 Å². The van der Waals surface area contributed by atoms with Gasteiger partial charge in [0.15, 0.2) is 11.3 Å². The molecule has 6 nitrogen and oxygen atoms in total. The second-order valence-electron chi connectivity index (χ2n) is 7.28. The zero-order chi connectivity index (χ0) is 21.6. The summed E-state index contributed by atoms with van der Waals surface area (Å²) in [7, 11) is 0. The number of esters is 1. The third-order valence-corrected chi connectivity index (χ3v) is 3.90. The Morgan fingerprint density at radius 3 is 2.45 bits per heavy atom. The molecular formula is C20H15F3N2O4. The molecule has 1 heterocycles. The highest BCUT2D eigenvalue weighted by Gasteiger charge is 2.37. The predicted octanol–water partition coefficient (Wildman–Crippen LogP) is 5.05. The van der Waals surface area contributed by atoms with Gasteiger partial charge < -0.3 is 14.4 Å². The second-order valence-corrected chi connectivity index (χ2v) is 7.28. The maximum absolute atomic E-state index is 13.2. The van der Waals surface area contributed by atoms with Crippen molar-refractivity contribution in [2.24, 2.45) is 0 Å². The zero-order valence-corrected chi connectivity index (χ0v) is 15.6. The van der Waals surface area contributed by atoms with E-state index in [-0.39, 0.29) is 33.2 Å². The molecule has 0 spiro atoms. The fourth-order valence-electron chi connectivity index (χ4n) is 2.73. The van der Waals surface area contributed by atoms with E-state index in [2.05, 4.69) is 5.16 Å². The monoisotopic (exact) mass is 404 g/mol. The van der Waals surface area contributed by atoms with E-state index in [1.165, 1.54) is 24.3 Å². The maximum atomic E-state index is 13.2. The van der Waals surface area contributed by atoms with Crippen LogP contribution in [0.15, 0.2) is 34.9 Å². The third kappa shape index (κ3) is 4.01. The molecule has 0 fully saturated rings. The molecule has 1 aromatic heterocycles. The fourth-order valence-corrected chi connectivity index (χ4v) is 2.73. The Kier molecular flexibility index (Phi) is 4.74. The lowest BCUT2D eigenvalue weighted by Crippen LogP contribution is -2.23. The SMILES string of the molecule is CC(C)(C)OC(=O)c1ccc(-c2cc(C#N)cc3c(C(F)(F)F)noc23)cc1O. The molecule has 3 aromatic rings. The second kappa shape index (κ2) is 6.81. The minimum absolute atomic E-state index is 0.0445. The van der Waals surface area contributed by atoms with Crippen molar-refractivity contribution < 1.29 is 32.3 Å². The van der Waals surface area contributed by atoms with Gasteiger partial charge in [-0.1, -0.05) is 11.2 Å². The first kappa shape index (κ1) is 20.2. The first-order valence-electron chi connectivity index (χ1n) is 8.38. The van der Waals surface area contributed by atoms with Crippen molar-refractivity contribution in [3.05, 3.63) is 47.2 Å². The minimum atomic E-state index is -4.76. The van der Waals surface area contributed by atoms with Crippen LogP contribution in [-0.4, -0.2) is 21.8 Å². The minimum Gasteiger partial charge on any atom is -0.507 e. The molecule has 3 rings (SSSR count). The standard InChI is InChI=1S/C20H15F3N2O4/c1-19(2,3)28-18(27)12-5-4-11(8-15(12)26)13-6-10(9-24)7-14-16(13)29-25-17(14)20(21,22)23/h4-8,26H,1-3H3. The first-order valence-corrected chi connectivity index (χ1v) is 8.38. The zero-order valence-electron chi connectivity index (χ0n) is 15.6. The summed E-state index contributed by atoms with van der Waals surface area (Å²) in [6.07, 6.45) is -4.76. The van der Waals surface area contributed by atoms with Crippen LogP contribution in [0.4, 0.5) is 13.2 Å². The highest BCUT2D eigenvalue weighted by Crippen LogP contribution is 2.39. The number of fused-ring (bicyclic) bond motifs is 1. The van der Waals surface area contributed by atoms with E-state index in [1.54, 1.807) is 26.8 Å². The van der Waals surface area contributed by atoms with Crippen LogP contribution in [0.3, 0.4) is 0 Å². The quantitative estimate of drug-likeness (QED) is 0.601. The number of aromatic hydroxyl groups is 1. The van der Waals surface area contributed by atoms with Gasteiger partial charge in [0.05, 0.1) is 17.0 Å². The largest absolute Gasteiger partial charge is 0.507 e. The predicted molar refractivity (Wildman–Crippen MR) is 96.0 cm³/mol. The van der Waals surface area contributed by atoms with Crippen molar-refractivity contribution in [2.45, 2.75) is 32.5 Å². The summed E-state index contributed by atoms with van der Waals surface area (Å²) in [5, 5.41) is 22.2. The smallest absolute Gasteiger partial charge is 0.437 e. The van der Waals surface area contributed by atoms with Gasteiger partial charge in [0.25, 0.3) is 0 Å². The Labute approximate surface area is 163 Å². The lowest BCUT2D eigenvalue weighted by Gasteiger charge is -2.20. The van der Waals surface area contributed by atoms with Gasteiger partial charge in [-0.3, -0.25) is 0 Å². The summed E-state index contributed by atoms with van der Waals surface area (Å²) >= 11 is 0. The van der Waals surface area contributed by atoms with Gasteiger partial charge >= 0.3 is 12.1 Å². The molecule has 0 aliphatic rings. The number of rotatable bonds is 2. The van der Waals surface area contributed by atoms with Crippen LogP contribution in [0.25, 0.3) is 22.1 Å². The number of carbonyl (C=O) groups excluding carboxylic acids is 1. The molecule has 0 saturated heterocycles. The normalized spacial score (nSPS) is 12.0. The van der Waals surface area contributed by atoms with E-state index in [4.69, 9.17) is 9.26 Å². The summed E-state index contributed by atoms with van der Waals surface area (Å²) in [5.41, 5.74) is -2.01. The lowest BCUT2D eigenvalue weighted by atomic mass is 9.98. The van der Waals surface area contributed by atoms with Crippen LogP contribution < -0.4 is 0 Å². The molecule has 9 heteroatoms. The molecule has 29 heavy (non-hydrogen) atoms. The van der Waals surface area contributed by atoms with Crippen LogP contribution in [0.1, 0.15) is 42.4 Å². The van der Waals surface area contributed by atoms with Gasteiger partial charge in [-0.2, -0.15) is 18.4 Å². The maximum Gasteiger partial charge on any atom is 0.437 e.